The van der Waals surface area contributed by atoms with Crippen LogP contribution in [0, 0.1) is 5.82 Å². The molecule has 0 aliphatic carbocycles. The molecule has 2 N–H and O–H groups in total. The summed E-state index contributed by atoms with van der Waals surface area (Å²) >= 11 is 0. The van der Waals surface area contributed by atoms with Crippen molar-refractivity contribution in [3.05, 3.63) is 72.4 Å². The van der Waals surface area contributed by atoms with Crippen LogP contribution in [0.4, 0.5) is 15.8 Å². The highest BCUT2D eigenvalue weighted by Gasteiger charge is 2.28. The molecule has 4 rings (SSSR count). The topological polar surface area (TPSA) is 96.3 Å². The van der Waals surface area contributed by atoms with E-state index >= 15 is 0 Å². The third-order valence-electron chi connectivity index (χ3n) is 6.14. The normalized spacial score (nSPS) is 14.7. The van der Waals surface area contributed by atoms with Gasteiger partial charge in [-0.3, -0.25) is 14.5 Å². The maximum atomic E-state index is 13.3. The Balaban J connectivity index is 1.37. The zero-order valence-corrected chi connectivity index (χ0v) is 20.2. The average Bonchev–Trinajstić information content (AvgIpc) is 3.44. The van der Waals surface area contributed by atoms with Crippen LogP contribution in [-0.4, -0.2) is 63.7 Å². The lowest BCUT2D eigenvalue weighted by atomic mass is 10.1. The summed E-state index contributed by atoms with van der Waals surface area (Å²) in [5, 5.41) is 5.30. The molecule has 2 heterocycles. The van der Waals surface area contributed by atoms with E-state index < -0.39 is 11.8 Å². The van der Waals surface area contributed by atoms with Gasteiger partial charge in [-0.25, -0.2) is 4.39 Å². The van der Waals surface area contributed by atoms with Gasteiger partial charge in [0.15, 0.2) is 0 Å². The van der Waals surface area contributed by atoms with Crippen LogP contribution in [0.25, 0.3) is 0 Å². The van der Waals surface area contributed by atoms with Crippen molar-refractivity contribution in [2.24, 2.45) is 0 Å². The van der Waals surface area contributed by atoms with E-state index in [-0.39, 0.29) is 18.4 Å². The molecule has 1 fully saturated rings. The Labute approximate surface area is 208 Å². The van der Waals surface area contributed by atoms with Crippen LogP contribution in [-0.2, 0) is 9.59 Å². The molecule has 2 aromatic carbocycles. The Morgan fingerprint density at radius 3 is 2.39 bits per heavy atom. The minimum Gasteiger partial charge on any atom is -0.497 e. The Morgan fingerprint density at radius 2 is 1.75 bits per heavy atom. The number of halogens is 1. The third-order valence-corrected chi connectivity index (χ3v) is 6.14. The standard InChI is InChI=1S/C26H29FN4O5/c1-34-20-9-10-23(35-2)21(16-20)29-26(33)25(32)28-17-22(24-4-3-15-36-24)31-13-11-30(12-14-31)19-7-5-18(27)6-8-19/h3-10,15-16,22H,11-14,17H2,1-2H3,(H,28,32)(H,29,33). The largest absolute Gasteiger partial charge is 0.497 e. The first-order chi connectivity index (χ1) is 17.5. The number of hydrogen-bond donors (Lipinski definition) is 2. The molecule has 0 spiro atoms. The van der Waals surface area contributed by atoms with Crippen molar-refractivity contribution >= 4 is 23.2 Å². The quantitative estimate of drug-likeness (QED) is 0.463. The summed E-state index contributed by atoms with van der Waals surface area (Å²) in [7, 11) is 2.98. The first-order valence-corrected chi connectivity index (χ1v) is 11.6. The van der Waals surface area contributed by atoms with Gasteiger partial charge >= 0.3 is 11.8 Å². The lowest BCUT2D eigenvalue weighted by molar-refractivity contribution is -0.136. The fraction of sp³-hybridized carbons (Fsp3) is 0.308. The van der Waals surface area contributed by atoms with Gasteiger partial charge in [0.05, 0.1) is 32.2 Å². The van der Waals surface area contributed by atoms with Crippen molar-refractivity contribution in [2.45, 2.75) is 6.04 Å². The summed E-state index contributed by atoms with van der Waals surface area (Å²) in [6, 6.07) is 14.8. The molecule has 2 amide bonds. The van der Waals surface area contributed by atoms with Crippen molar-refractivity contribution in [1.82, 2.24) is 10.2 Å². The Kier molecular flexibility index (Phi) is 8.06. The number of nitrogens with one attached hydrogen (secondary N) is 2. The second kappa shape index (κ2) is 11.6. The van der Waals surface area contributed by atoms with Crippen molar-refractivity contribution in [3.8, 4) is 11.5 Å². The number of furan rings is 1. The van der Waals surface area contributed by atoms with Crippen LogP contribution in [0.2, 0.25) is 0 Å². The minimum atomic E-state index is -0.819. The van der Waals surface area contributed by atoms with Gasteiger partial charge in [0.2, 0.25) is 0 Å². The Hall–Kier alpha value is -4.05. The summed E-state index contributed by atoms with van der Waals surface area (Å²) in [6.07, 6.45) is 1.58. The van der Waals surface area contributed by atoms with E-state index in [9.17, 15) is 14.0 Å². The third kappa shape index (κ3) is 5.95. The van der Waals surface area contributed by atoms with Gasteiger partial charge in [0.1, 0.15) is 23.1 Å². The zero-order valence-electron chi connectivity index (χ0n) is 20.2. The van der Waals surface area contributed by atoms with Crippen molar-refractivity contribution < 1.29 is 27.9 Å². The molecule has 3 aromatic rings. The van der Waals surface area contributed by atoms with Crippen LogP contribution in [0.1, 0.15) is 11.8 Å². The van der Waals surface area contributed by atoms with Gasteiger partial charge in [0, 0.05) is 44.5 Å². The first-order valence-electron chi connectivity index (χ1n) is 11.6. The second-order valence-electron chi connectivity index (χ2n) is 8.26. The molecule has 1 unspecified atom stereocenters. The lowest BCUT2D eigenvalue weighted by Crippen LogP contribution is -2.50. The number of carbonyl (C=O) groups excluding carboxylic acids is 2. The SMILES string of the molecule is COc1ccc(OC)c(NC(=O)C(=O)NCC(c2ccco2)N2CCN(c3ccc(F)cc3)CC2)c1. The summed E-state index contributed by atoms with van der Waals surface area (Å²) in [5.74, 6) is -0.240. The molecule has 0 radical (unpaired) electrons. The van der Waals surface area contributed by atoms with Crippen LogP contribution >= 0.6 is 0 Å². The molecule has 10 heteroatoms. The van der Waals surface area contributed by atoms with E-state index in [1.54, 1.807) is 42.7 Å². The van der Waals surface area contributed by atoms with Gasteiger partial charge in [0.25, 0.3) is 0 Å². The average molecular weight is 497 g/mol. The molecule has 9 nitrogen and oxygen atoms in total. The highest BCUT2D eigenvalue weighted by molar-refractivity contribution is 6.39. The van der Waals surface area contributed by atoms with E-state index in [2.05, 4.69) is 20.4 Å². The molecular weight excluding hydrogens is 467 g/mol. The van der Waals surface area contributed by atoms with Crippen LogP contribution < -0.4 is 25.0 Å². The van der Waals surface area contributed by atoms with Gasteiger partial charge in [-0.1, -0.05) is 0 Å². The summed E-state index contributed by atoms with van der Waals surface area (Å²) < 4.78 is 29.3. The second-order valence-corrected chi connectivity index (χ2v) is 8.26. The molecule has 1 aromatic heterocycles. The van der Waals surface area contributed by atoms with Crippen molar-refractivity contribution in [2.75, 3.05) is 57.2 Å². The van der Waals surface area contributed by atoms with Crippen molar-refractivity contribution in [1.29, 1.82) is 0 Å². The smallest absolute Gasteiger partial charge is 0.313 e. The van der Waals surface area contributed by atoms with Crippen molar-refractivity contribution in [3.63, 3.8) is 0 Å². The molecule has 190 valence electrons. The maximum absolute atomic E-state index is 13.3. The molecule has 1 aliphatic rings. The van der Waals surface area contributed by atoms with Gasteiger partial charge in [-0.2, -0.15) is 0 Å². The highest BCUT2D eigenvalue weighted by Crippen LogP contribution is 2.29. The number of anilines is 2. The number of benzene rings is 2. The maximum Gasteiger partial charge on any atom is 0.313 e. The van der Waals surface area contributed by atoms with E-state index in [1.165, 1.54) is 26.4 Å². The Bertz CT molecular complexity index is 1160. The lowest BCUT2D eigenvalue weighted by Gasteiger charge is -2.39. The minimum absolute atomic E-state index is 0.186. The number of methoxy groups -OCH3 is 2. The Morgan fingerprint density at radius 1 is 1.00 bits per heavy atom. The first kappa shape index (κ1) is 25.1. The molecule has 1 atom stereocenters. The molecule has 1 saturated heterocycles. The van der Waals surface area contributed by atoms with Crippen LogP contribution in [0.15, 0.2) is 65.3 Å². The van der Waals surface area contributed by atoms with Gasteiger partial charge < -0.3 is 29.4 Å². The molecule has 36 heavy (non-hydrogen) atoms. The van der Waals surface area contributed by atoms with E-state index in [1.807, 2.05) is 6.07 Å². The fourth-order valence-electron chi connectivity index (χ4n) is 4.19. The number of hydrogen-bond acceptors (Lipinski definition) is 7. The summed E-state index contributed by atoms with van der Waals surface area (Å²) in [5.41, 5.74) is 1.29. The number of amides is 2. The van der Waals surface area contributed by atoms with E-state index in [0.29, 0.717) is 36.0 Å². The number of carbonyl (C=O) groups is 2. The predicted molar refractivity (Wildman–Crippen MR) is 133 cm³/mol. The number of ether oxygens (including phenoxy) is 2. The fourth-order valence-corrected chi connectivity index (χ4v) is 4.19. The predicted octanol–water partition coefficient (Wildman–Crippen LogP) is 3.05. The highest BCUT2D eigenvalue weighted by atomic mass is 19.1. The summed E-state index contributed by atoms with van der Waals surface area (Å²) in [4.78, 5) is 29.6. The monoisotopic (exact) mass is 496 g/mol. The van der Waals surface area contributed by atoms with E-state index in [0.717, 1.165) is 18.8 Å². The van der Waals surface area contributed by atoms with Crippen LogP contribution in [0.5, 0.6) is 11.5 Å². The van der Waals surface area contributed by atoms with Gasteiger partial charge in [-0.15, -0.1) is 0 Å². The molecule has 0 saturated carbocycles. The summed E-state index contributed by atoms with van der Waals surface area (Å²) in [6.45, 7) is 3.04. The molecule has 1 aliphatic heterocycles. The molecule has 0 bridgehead atoms. The molecular formula is C26H29FN4O5. The van der Waals surface area contributed by atoms with Gasteiger partial charge in [-0.05, 0) is 48.5 Å². The number of nitrogens with zero attached hydrogens (tertiary/aromatic N) is 2. The number of piperazine rings is 1. The van der Waals surface area contributed by atoms with E-state index in [4.69, 9.17) is 13.9 Å². The van der Waals surface area contributed by atoms with Crippen LogP contribution in [0.3, 0.4) is 0 Å². The zero-order chi connectivity index (χ0) is 25.5. The number of rotatable bonds is 8.